The summed E-state index contributed by atoms with van der Waals surface area (Å²) >= 11 is 1.48. The molecule has 22 heavy (non-hydrogen) atoms. The molecule has 0 fully saturated rings. The Labute approximate surface area is 135 Å². The van der Waals surface area contributed by atoms with Gasteiger partial charge in [0.25, 0.3) is 5.23 Å². The Hall–Kier alpha value is -1.73. The molecule has 1 aromatic rings. The van der Waals surface area contributed by atoms with E-state index in [1.807, 2.05) is 37.4 Å². The fourth-order valence-corrected chi connectivity index (χ4v) is 3.66. The number of nitrogens with one attached hydrogen (secondary N) is 2. The van der Waals surface area contributed by atoms with Gasteiger partial charge in [-0.15, -0.1) is 5.10 Å². The lowest BCUT2D eigenvalue weighted by Crippen LogP contribution is -2.45. The molecule has 1 atom stereocenters. The van der Waals surface area contributed by atoms with E-state index in [9.17, 15) is 4.79 Å². The first-order chi connectivity index (χ1) is 10.7. The lowest BCUT2D eigenvalue weighted by atomic mass is 10.0. The van der Waals surface area contributed by atoms with Gasteiger partial charge in [0.15, 0.2) is 0 Å². The van der Waals surface area contributed by atoms with Gasteiger partial charge in [-0.3, -0.25) is 0 Å². The number of hydrazone groups is 1. The van der Waals surface area contributed by atoms with Crippen LogP contribution in [0.15, 0.2) is 35.4 Å². The minimum Gasteiger partial charge on any atom is -0.475 e. The number of carbonyl (C=O) groups excluding carboxylic acids is 1. The Morgan fingerprint density at radius 3 is 2.68 bits per heavy atom. The first-order valence-corrected chi connectivity index (χ1v) is 8.03. The number of hydrogen-bond acceptors (Lipinski definition) is 5. The molecule has 0 saturated heterocycles. The molecule has 0 aromatic heterocycles. The van der Waals surface area contributed by atoms with E-state index in [0.717, 1.165) is 24.9 Å². The molecule has 0 radical (unpaired) electrons. The molecule has 0 bridgehead atoms. The van der Waals surface area contributed by atoms with Gasteiger partial charge < -0.3 is 15.4 Å². The summed E-state index contributed by atoms with van der Waals surface area (Å²) in [5, 5.41) is 12.2. The van der Waals surface area contributed by atoms with Crippen molar-refractivity contribution in [1.82, 2.24) is 15.6 Å². The van der Waals surface area contributed by atoms with Crippen LogP contribution in [0.4, 0.5) is 4.79 Å². The van der Waals surface area contributed by atoms with E-state index in [2.05, 4.69) is 15.7 Å². The van der Waals surface area contributed by atoms with Crippen LogP contribution in [-0.4, -0.2) is 44.0 Å². The quantitative estimate of drug-likeness (QED) is 0.815. The van der Waals surface area contributed by atoms with Gasteiger partial charge in [0.05, 0.1) is 7.11 Å². The largest absolute Gasteiger partial charge is 0.475 e. The van der Waals surface area contributed by atoms with Gasteiger partial charge in [0, 0.05) is 7.05 Å². The molecular formula is C15H22N4O2S. The van der Waals surface area contributed by atoms with Crippen molar-refractivity contribution in [2.24, 2.45) is 5.10 Å². The second kappa shape index (κ2) is 7.51. The molecule has 6 nitrogen and oxygen atoms in total. The number of methoxy groups -OCH3 is 1. The number of nitrogens with zero attached hydrogens (tertiary/aromatic N) is 2. The number of amides is 2. The van der Waals surface area contributed by atoms with Crippen molar-refractivity contribution in [2.45, 2.75) is 17.7 Å². The number of thioether (sulfide) groups is 1. The van der Waals surface area contributed by atoms with Crippen LogP contribution < -0.4 is 10.6 Å². The predicted octanol–water partition coefficient (Wildman–Crippen LogP) is 2.14. The summed E-state index contributed by atoms with van der Waals surface area (Å²) in [6.45, 7) is 0.874. The van der Waals surface area contributed by atoms with Gasteiger partial charge in [-0.1, -0.05) is 30.3 Å². The van der Waals surface area contributed by atoms with Gasteiger partial charge >= 0.3 is 6.03 Å². The van der Waals surface area contributed by atoms with Gasteiger partial charge in [-0.05, 0) is 43.8 Å². The smallest absolute Gasteiger partial charge is 0.339 e. The highest BCUT2D eigenvalue weighted by Gasteiger charge is 2.48. The monoisotopic (exact) mass is 322 g/mol. The van der Waals surface area contributed by atoms with Crippen LogP contribution >= 0.6 is 11.8 Å². The summed E-state index contributed by atoms with van der Waals surface area (Å²) in [4.78, 5) is 11.7. The summed E-state index contributed by atoms with van der Waals surface area (Å²) in [7, 11) is 5.10. The molecule has 2 amide bonds. The number of hydrogen-bond donors (Lipinski definition) is 2. The van der Waals surface area contributed by atoms with Gasteiger partial charge in [0.1, 0.15) is 4.87 Å². The van der Waals surface area contributed by atoms with E-state index in [0.29, 0.717) is 5.23 Å². The molecule has 7 heteroatoms. The SMILES string of the molecule is CNCCCC1(c2ccccc2)SC(OC)=NN1C(=O)NC. The summed E-state index contributed by atoms with van der Waals surface area (Å²) < 4.78 is 5.29. The number of benzene rings is 1. The van der Waals surface area contributed by atoms with Crippen molar-refractivity contribution in [3.63, 3.8) is 0 Å². The van der Waals surface area contributed by atoms with Crippen LogP contribution in [0.5, 0.6) is 0 Å². The molecule has 0 aliphatic carbocycles. The van der Waals surface area contributed by atoms with E-state index in [1.54, 1.807) is 14.2 Å². The van der Waals surface area contributed by atoms with E-state index in [-0.39, 0.29) is 6.03 Å². The highest BCUT2D eigenvalue weighted by atomic mass is 32.2. The average Bonchev–Trinajstić information content (AvgIpc) is 2.95. The number of ether oxygens (including phenoxy) is 1. The summed E-state index contributed by atoms with van der Waals surface area (Å²) in [6.07, 6.45) is 1.69. The number of rotatable bonds is 5. The second-order valence-electron chi connectivity index (χ2n) is 4.90. The third-order valence-electron chi connectivity index (χ3n) is 3.53. The van der Waals surface area contributed by atoms with Crippen molar-refractivity contribution in [3.8, 4) is 0 Å². The van der Waals surface area contributed by atoms with E-state index < -0.39 is 4.87 Å². The van der Waals surface area contributed by atoms with E-state index >= 15 is 0 Å². The molecule has 1 aromatic carbocycles. The summed E-state index contributed by atoms with van der Waals surface area (Å²) in [5.74, 6) is 0. The zero-order valence-corrected chi connectivity index (χ0v) is 13.9. The van der Waals surface area contributed by atoms with Crippen LogP contribution in [0.2, 0.25) is 0 Å². The van der Waals surface area contributed by atoms with Crippen LogP contribution in [0.1, 0.15) is 18.4 Å². The second-order valence-corrected chi connectivity index (χ2v) is 6.13. The maximum Gasteiger partial charge on any atom is 0.339 e. The lowest BCUT2D eigenvalue weighted by molar-refractivity contribution is 0.163. The lowest BCUT2D eigenvalue weighted by Gasteiger charge is -2.35. The van der Waals surface area contributed by atoms with Gasteiger partial charge in [0.2, 0.25) is 0 Å². The topological polar surface area (TPSA) is 66.0 Å². The number of carbonyl (C=O) groups is 1. The molecule has 1 aliphatic heterocycles. The van der Waals surface area contributed by atoms with Gasteiger partial charge in [-0.25, -0.2) is 4.79 Å². The third kappa shape index (κ3) is 3.20. The molecular weight excluding hydrogens is 300 g/mol. The fraction of sp³-hybridized carbons (Fsp3) is 0.467. The van der Waals surface area contributed by atoms with Crippen LogP contribution in [0, 0.1) is 0 Å². The van der Waals surface area contributed by atoms with Crippen LogP contribution in [0.3, 0.4) is 0 Å². The first-order valence-electron chi connectivity index (χ1n) is 7.21. The zero-order valence-electron chi connectivity index (χ0n) is 13.1. The highest BCUT2D eigenvalue weighted by Crippen LogP contribution is 2.49. The minimum absolute atomic E-state index is 0.243. The first kappa shape index (κ1) is 16.6. The highest BCUT2D eigenvalue weighted by molar-refractivity contribution is 8.14. The average molecular weight is 322 g/mol. The standard InChI is InChI=1S/C15H22N4O2S/c1-16-11-7-10-15(12-8-5-4-6-9-12)19(13(20)17-2)18-14(21-3)22-15/h4-6,8-9,16H,7,10-11H2,1-3H3,(H,17,20). The van der Waals surface area contributed by atoms with Gasteiger partial charge in [-0.2, -0.15) is 5.01 Å². The normalized spacial score (nSPS) is 20.7. The summed E-state index contributed by atoms with van der Waals surface area (Å²) in [6, 6.07) is 9.72. The zero-order chi connectivity index (χ0) is 16.0. The van der Waals surface area contributed by atoms with Crippen molar-refractivity contribution < 1.29 is 9.53 Å². The number of urea groups is 1. The maximum absolute atomic E-state index is 12.3. The molecule has 2 rings (SSSR count). The Morgan fingerprint density at radius 1 is 1.36 bits per heavy atom. The fourth-order valence-electron chi connectivity index (χ4n) is 2.45. The molecule has 1 aliphatic rings. The molecule has 120 valence electrons. The molecule has 0 saturated carbocycles. The Balaban J connectivity index is 2.40. The molecule has 0 spiro atoms. The Morgan fingerprint density at radius 2 is 2.09 bits per heavy atom. The van der Waals surface area contributed by atoms with E-state index in [1.165, 1.54) is 16.8 Å². The third-order valence-corrected chi connectivity index (χ3v) is 4.90. The van der Waals surface area contributed by atoms with Crippen molar-refractivity contribution in [2.75, 3.05) is 27.7 Å². The molecule has 1 unspecified atom stereocenters. The maximum atomic E-state index is 12.3. The minimum atomic E-state index is -0.580. The summed E-state index contributed by atoms with van der Waals surface area (Å²) in [5.41, 5.74) is 1.04. The van der Waals surface area contributed by atoms with Crippen LogP contribution in [0.25, 0.3) is 0 Å². The van der Waals surface area contributed by atoms with E-state index in [4.69, 9.17) is 4.74 Å². The van der Waals surface area contributed by atoms with Crippen molar-refractivity contribution in [3.05, 3.63) is 35.9 Å². The Kier molecular flexibility index (Phi) is 5.68. The predicted molar refractivity (Wildman–Crippen MR) is 89.6 cm³/mol. The Bertz CT molecular complexity index is 538. The van der Waals surface area contributed by atoms with Crippen molar-refractivity contribution >= 4 is 23.0 Å². The van der Waals surface area contributed by atoms with Crippen molar-refractivity contribution in [1.29, 1.82) is 0 Å². The molecule has 1 heterocycles. The van der Waals surface area contributed by atoms with Crippen LogP contribution in [-0.2, 0) is 9.61 Å². The molecule has 2 N–H and O–H groups in total.